The summed E-state index contributed by atoms with van der Waals surface area (Å²) in [7, 11) is 0. The van der Waals surface area contributed by atoms with Crippen LogP contribution in [-0.4, -0.2) is 58.4 Å². The van der Waals surface area contributed by atoms with Crippen LogP contribution < -0.4 is 0 Å². The van der Waals surface area contributed by atoms with Crippen molar-refractivity contribution in [2.24, 2.45) is 11.8 Å². The number of likely N-dealkylation sites (tertiary alicyclic amines) is 1. The first-order chi connectivity index (χ1) is 10.4. The van der Waals surface area contributed by atoms with Crippen molar-refractivity contribution < 1.29 is 19.5 Å². The molecule has 1 N–H and O–H groups in total. The molecule has 2 amide bonds. The second-order valence-corrected chi connectivity index (χ2v) is 6.51. The Morgan fingerprint density at radius 1 is 1.23 bits per heavy atom. The van der Waals surface area contributed by atoms with Gasteiger partial charge in [0, 0.05) is 25.0 Å². The average Bonchev–Trinajstić information content (AvgIpc) is 3.35. The fourth-order valence-corrected chi connectivity index (χ4v) is 3.02. The zero-order valence-corrected chi connectivity index (χ0v) is 13.5. The molecule has 1 heterocycles. The number of aliphatic carboxylic acids is 1. The van der Waals surface area contributed by atoms with E-state index in [1.165, 1.54) is 4.90 Å². The molecule has 1 saturated heterocycles. The Bertz CT molecular complexity index is 447. The zero-order valence-electron chi connectivity index (χ0n) is 13.5. The van der Waals surface area contributed by atoms with Crippen LogP contribution in [0.2, 0.25) is 0 Å². The normalized spacial score (nSPS) is 23.0. The van der Waals surface area contributed by atoms with Crippen LogP contribution in [0, 0.1) is 11.8 Å². The minimum Gasteiger partial charge on any atom is -0.480 e. The van der Waals surface area contributed by atoms with Crippen LogP contribution in [-0.2, 0) is 14.4 Å². The summed E-state index contributed by atoms with van der Waals surface area (Å²) >= 11 is 0. The number of rotatable bonds is 6. The van der Waals surface area contributed by atoms with Crippen LogP contribution >= 0.6 is 0 Å². The van der Waals surface area contributed by atoms with E-state index in [1.807, 2.05) is 13.8 Å². The molecule has 124 valence electrons. The van der Waals surface area contributed by atoms with Crippen molar-refractivity contribution in [3.63, 3.8) is 0 Å². The Morgan fingerprint density at radius 3 is 2.45 bits per heavy atom. The number of carbonyl (C=O) groups excluding carboxylic acids is 2. The summed E-state index contributed by atoms with van der Waals surface area (Å²) in [5.74, 6) is -1.03. The van der Waals surface area contributed by atoms with Crippen molar-refractivity contribution in [3.8, 4) is 0 Å². The summed E-state index contributed by atoms with van der Waals surface area (Å²) in [5.41, 5.74) is 0. The van der Waals surface area contributed by atoms with Gasteiger partial charge in [0.05, 0.1) is 5.92 Å². The van der Waals surface area contributed by atoms with Crippen LogP contribution in [0.4, 0.5) is 0 Å². The van der Waals surface area contributed by atoms with Crippen LogP contribution in [0.5, 0.6) is 0 Å². The first kappa shape index (κ1) is 16.8. The van der Waals surface area contributed by atoms with Crippen LogP contribution in [0.15, 0.2) is 0 Å². The van der Waals surface area contributed by atoms with Gasteiger partial charge in [-0.25, -0.2) is 0 Å². The van der Waals surface area contributed by atoms with Gasteiger partial charge >= 0.3 is 5.97 Å². The molecule has 6 heteroatoms. The monoisotopic (exact) mass is 310 g/mol. The lowest BCUT2D eigenvalue weighted by molar-refractivity contribution is -0.150. The lowest BCUT2D eigenvalue weighted by Crippen LogP contribution is -2.50. The molecule has 0 radical (unpaired) electrons. The standard InChI is InChI=1S/C16H26N2O4/c1-3-11(2)18(10-14(19)20)16(22)13-5-4-8-17(9-13)15(21)12-6-7-12/h11-13H,3-10H2,1-2H3,(H,19,20). The Hall–Kier alpha value is -1.59. The maximum absolute atomic E-state index is 12.7. The fourth-order valence-electron chi connectivity index (χ4n) is 3.02. The topological polar surface area (TPSA) is 77.9 Å². The summed E-state index contributed by atoms with van der Waals surface area (Å²) < 4.78 is 0. The Morgan fingerprint density at radius 2 is 1.91 bits per heavy atom. The summed E-state index contributed by atoms with van der Waals surface area (Å²) in [5, 5.41) is 9.04. The SMILES string of the molecule is CCC(C)N(CC(=O)O)C(=O)C1CCCN(C(=O)C2CC2)C1. The van der Waals surface area contributed by atoms with Crippen molar-refractivity contribution >= 4 is 17.8 Å². The molecule has 2 unspecified atom stereocenters. The largest absolute Gasteiger partial charge is 0.480 e. The van der Waals surface area contributed by atoms with E-state index >= 15 is 0 Å². The molecule has 1 aliphatic heterocycles. The van der Waals surface area contributed by atoms with E-state index in [0.29, 0.717) is 6.54 Å². The van der Waals surface area contributed by atoms with Gasteiger partial charge in [0.1, 0.15) is 6.54 Å². The molecular formula is C16H26N2O4. The highest BCUT2D eigenvalue weighted by molar-refractivity contribution is 5.85. The number of amides is 2. The number of hydrogen-bond acceptors (Lipinski definition) is 3. The van der Waals surface area contributed by atoms with Crippen molar-refractivity contribution in [2.75, 3.05) is 19.6 Å². The third-order valence-electron chi connectivity index (χ3n) is 4.72. The second kappa shape index (κ2) is 7.11. The highest BCUT2D eigenvalue weighted by atomic mass is 16.4. The van der Waals surface area contributed by atoms with Gasteiger partial charge in [-0.2, -0.15) is 0 Å². The average molecular weight is 310 g/mol. The van der Waals surface area contributed by atoms with Crippen molar-refractivity contribution in [3.05, 3.63) is 0 Å². The molecule has 0 aromatic heterocycles. The van der Waals surface area contributed by atoms with Crippen molar-refractivity contribution in [2.45, 2.75) is 52.0 Å². The Balaban J connectivity index is 2.01. The lowest BCUT2D eigenvalue weighted by atomic mass is 9.95. The number of piperidine rings is 1. The van der Waals surface area contributed by atoms with Gasteiger partial charge < -0.3 is 14.9 Å². The Labute approximate surface area is 131 Å². The van der Waals surface area contributed by atoms with Crippen LogP contribution in [0.25, 0.3) is 0 Å². The Kier molecular flexibility index (Phi) is 5.42. The van der Waals surface area contributed by atoms with E-state index in [0.717, 1.165) is 38.6 Å². The smallest absolute Gasteiger partial charge is 0.323 e. The van der Waals surface area contributed by atoms with E-state index in [-0.39, 0.29) is 36.2 Å². The minimum absolute atomic E-state index is 0.0990. The van der Waals surface area contributed by atoms with Crippen molar-refractivity contribution in [1.29, 1.82) is 0 Å². The predicted octanol–water partition coefficient (Wildman–Crippen LogP) is 1.35. The van der Waals surface area contributed by atoms with E-state index in [2.05, 4.69) is 0 Å². The van der Waals surface area contributed by atoms with Crippen LogP contribution in [0.3, 0.4) is 0 Å². The lowest BCUT2D eigenvalue weighted by Gasteiger charge is -2.36. The van der Waals surface area contributed by atoms with Gasteiger partial charge in [-0.15, -0.1) is 0 Å². The number of hydrogen-bond donors (Lipinski definition) is 1. The molecule has 2 atom stereocenters. The van der Waals surface area contributed by atoms with Gasteiger partial charge in [0.25, 0.3) is 0 Å². The molecule has 0 aromatic rings. The van der Waals surface area contributed by atoms with Gasteiger partial charge in [-0.1, -0.05) is 6.92 Å². The number of nitrogens with zero attached hydrogens (tertiary/aromatic N) is 2. The van der Waals surface area contributed by atoms with Gasteiger partial charge in [-0.3, -0.25) is 14.4 Å². The molecule has 2 rings (SSSR count). The molecule has 1 aliphatic carbocycles. The maximum Gasteiger partial charge on any atom is 0.323 e. The molecule has 0 aromatic carbocycles. The van der Waals surface area contributed by atoms with Crippen LogP contribution in [0.1, 0.15) is 46.0 Å². The summed E-state index contributed by atoms with van der Waals surface area (Å²) in [4.78, 5) is 39.2. The molecule has 2 aliphatic rings. The predicted molar refractivity (Wildman–Crippen MR) is 81.1 cm³/mol. The number of carboxylic acid groups (broad SMARTS) is 1. The van der Waals surface area contributed by atoms with E-state index in [4.69, 9.17) is 5.11 Å². The quantitative estimate of drug-likeness (QED) is 0.803. The first-order valence-electron chi connectivity index (χ1n) is 8.25. The van der Waals surface area contributed by atoms with Crippen molar-refractivity contribution in [1.82, 2.24) is 9.80 Å². The molecule has 0 spiro atoms. The first-order valence-corrected chi connectivity index (χ1v) is 8.25. The van der Waals surface area contributed by atoms with E-state index in [9.17, 15) is 14.4 Å². The molecule has 22 heavy (non-hydrogen) atoms. The molecule has 1 saturated carbocycles. The molecule has 6 nitrogen and oxygen atoms in total. The van der Waals surface area contributed by atoms with Gasteiger partial charge in [0.15, 0.2) is 0 Å². The molecule has 2 fully saturated rings. The molecule has 0 bridgehead atoms. The summed E-state index contributed by atoms with van der Waals surface area (Å²) in [6.45, 7) is 4.72. The van der Waals surface area contributed by atoms with E-state index < -0.39 is 5.97 Å². The maximum atomic E-state index is 12.7. The number of carboxylic acids is 1. The third kappa shape index (κ3) is 3.99. The molecular weight excluding hydrogens is 284 g/mol. The number of carbonyl (C=O) groups is 3. The second-order valence-electron chi connectivity index (χ2n) is 6.51. The van der Waals surface area contributed by atoms with Gasteiger partial charge in [-0.05, 0) is 39.0 Å². The summed E-state index contributed by atoms with van der Waals surface area (Å²) in [6.07, 6.45) is 4.20. The minimum atomic E-state index is -0.990. The summed E-state index contributed by atoms with van der Waals surface area (Å²) in [6, 6.07) is -0.0990. The third-order valence-corrected chi connectivity index (χ3v) is 4.72. The highest BCUT2D eigenvalue weighted by Gasteiger charge is 2.38. The van der Waals surface area contributed by atoms with Gasteiger partial charge in [0.2, 0.25) is 11.8 Å². The highest BCUT2D eigenvalue weighted by Crippen LogP contribution is 2.32. The van der Waals surface area contributed by atoms with E-state index in [1.54, 1.807) is 4.90 Å². The zero-order chi connectivity index (χ0) is 16.3. The fraction of sp³-hybridized carbons (Fsp3) is 0.812.